The van der Waals surface area contributed by atoms with Crippen molar-refractivity contribution in [3.05, 3.63) is 0 Å². The quantitative estimate of drug-likeness (QED) is 0.543. The zero-order valence-electron chi connectivity index (χ0n) is 9.50. The van der Waals surface area contributed by atoms with Crippen LogP contribution in [0, 0.1) is 0 Å². The summed E-state index contributed by atoms with van der Waals surface area (Å²) >= 11 is 0. The Morgan fingerprint density at radius 3 is 2.67 bits per heavy atom. The van der Waals surface area contributed by atoms with Crippen LogP contribution < -0.4 is 5.43 Å². The number of carboxylic acids is 1. The summed E-state index contributed by atoms with van der Waals surface area (Å²) in [6.07, 6.45) is -0.489. The lowest BCUT2D eigenvalue weighted by Crippen LogP contribution is -2.45. The van der Waals surface area contributed by atoms with Crippen molar-refractivity contribution < 1.29 is 24.6 Å². The van der Waals surface area contributed by atoms with Gasteiger partial charge in [0.15, 0.2) is 0 Å². The van der Waals surface area contributed by atoms with Crippen LogP contribution in [-0.2, 0) is 14.4 Å². The standard InChI is InChI=1S/C10H13N3O5/c14-5-3-7(10(17)18)13(4-5)9(16)6-1-2-8(15)12-11-6/h5,7,14H,1-4H2,(H,12,15)(H,17,18). The lowest BCUT2D eigenvalue weighted by molar-refractivity contribution is -0.146. The van der Waals surface area contributed by atoms with E-state index in [0.717, 1.165) is 4.90 Å². The minimum absolute atomic E-state index is 0.0146. The molecule has 1 fully saturated rings. The molecule has 0 aromatic carbocycles. The molecular weight excluding hydrogens is 242 g/mol. The van der Waals surface area contributed by atoms with E-state index in [-0.39, 0.29) is 37.4 Å². The number of aliphatic carboxylic acids is 1. The molecular formula is C10H13N3O5. The molecule has 2 aliphatic rings. The Hall–Kier alpha value is -1.96. The lowest BCUT2D eigenvalue weighted by atomic mass is 10.1. The number of hydrogen-bond donors (Lipinski definition) is 3. The molecule has 0 saturated carbocycles. The van der Waals surface area contributed by atoms with Gasteiger partial charge < -0.3 is 15.1 Å². The zero-order valence-corrected chi connectivity index (χ0v) is 9.50. The van der Waals surface area contributed by atoms with Crippen molar-refractivity contribution in [1.29, 1.82) is 0 Å². The maximum atomic E-state index is 12.0. The van der Waals surface area contributed by atoms with Crippen LogP contribution in [-0.4, -0.2) is 57.3 Å². The number of likely N-dealkylation sites (tertiary alicyclic amines) is 1. The summed E-state index contributed by atoms with van der Waals surface area (Å²) in [5, 5.41) is 22.0. The second-order valence-corrected chi connectivity index (χ2v) is 4.29. The van der Waals surface area contributed by atoms with Crippen molar-refractivity contribution in [1.82, 2.24) is 10.3 Å². The minimum Gasteiger partial charge on any atom is -0.480 e. The average Bonchev–Trinajstić information content (AvgIpc) is 2.71. The number of rotatable bonds is 2. The molecule has 1 saturated heterocycles. The van der Waals surface area contributed by atoms with Gasteiger partial charge in [-0.2, -0.15) is 5.10 Å². The van der Waals surface area contributed by atoms with Gasteiger partial charge in [0.1, 0.15) is 11.8 Å². The van der Waals surface area contributed by atoms with Crippen LogP contribution in [0.25, 0.3) is 0 Å². The number of hydrazone groups is 1. The summed E-state index contributed by atoms with van der Waals surface area (Å²) < 4.78 is 0. The van der Waals surface area contributed by atoms with Gasteiger partial charge in [-0.1, -0.05) is 0 Å². The first-order chi connectivity index (χ1) is 8.49. The predicted octanol–water partition coefficient (Wildman–Crippen LogP) is -1.70. The van der Waals surface area contributed by atoms with E-state index >= 15 is 0 Å². The molecule has 2 atom stereocenters. The van der Waals surface area contributed by atoms with Crippen LogP contribution in [0.4, 0.5) is 0 Å². The number of carbonyl (C=O) groups is 3. The average molecular weight is 255 g/mol. The molecule has 8 nitrogen and oxygen atoms in total. The summed E-state index contributed by atoms with van der Waals surface area (Å²) in [5.74, 6) is -1.97. The molecule has 2 rings (SSSR count). The molecule has 98 valence electrons. The van der Waals surface area contributed by atoms with Crippen LogP contribution in [0.15, 0.2) is 5.10 Å². The molecule has 3 N–H and O–H groups in total. The normalized spacial score (nSPS) is 27.7. The molecule has 8 heteroatoms. The van der Waals surface area contributed by atoms with E-state index in [0.29, 0.717) is 0 Å². The monoisotopic (exact) mass is 255 g/mol. The molecule has 0 aromatic rings. The number of carbonyl (C=O) groups excluding carboxylic acids is 2. The Morgan fingerprint density at radius 2 is 2.11 bits per heavy atom. The highest BCUT2D eigenvalue weighted by Gasteiger charge is 2.40. The predicted molar refractivity (Wildman–Crippen MR) is 58.6 cm³/mol. The number of carboxylic acid groups (broad SMARTS) is 1. The van der Waals surface area contributed by atoms with Crippen molar-refractivity contribution in [3.63, 3.8) is 0 Å². The van der Waals surface area contributed by atoms with Gasteiger partial charge in [-0.05, 0) is 0 Å². The highest BCUT2D eigenvalue weighted by molar-refractivity contribution is 6.39. The minimum atomic E-state index is -1.15. The van der Waals surface area contributed by atoms with Gasteiger partial charge in [-0.3, -0.25) is 9.59 Å². The van der Waals surface area contributed by atoms with Crippen LogP contribution in [0.2, 0.25) is 0 Å². The summed E-state index contributed by atoms with van der Waals surface area (Å²) in [7, 11) is 0. The molecule has 0 aromatic heterocycles. The van der Waals surface area contributed by atoms with Gasteiger partial charge in [0.2, 0.25) is 5.91 Å². The molecule has 0 spiro atoms. The Morgan fingerprint density at radius 1 is 1.39 bits per heavy atom. The number of nitrogens with zero attached hydrogens (tertiary/aromatic N) is 2. The third kappa shape index (κ3) is 2.33. The van der Waals surface area contributed by atoms with Crippen LogP contribution in [0.1, 0.15) is 19.3 Å². The molecule has 2 heterocycles. The van der Waals surface area contributed by atoms with E-state index < -0.39 is 24.0 Å². The van der Waals surface area contributed by atoms with E-state index in [1.54, 1.807) is 0 Å². The van der Waals surface area contributed by atoms with E-state index in [9.17, 15) is 19.5 Å². The molecule has 0 bridgehead atoms. The maximum Gasteiger partial charge on any atom is 0.326 e. The number of amides is 2. The highest BCUT2D eigenvalue weighted by atomic mass is 16.4. The highest BCUT2D eigenvalue weighted by Crippen LogP contribution is 2.19. The Balaban J connectivity index is 2.13. The van der Waals surface area contributed by atoms with Crippen molar-refractivity contribution in [3.8, 4) is 0 Å². The van der Waals surface area contributed by atoms with Crippen molar-refractivity contribution >= 4 is 23.5 Å². The Kier molecular flexibility index (Phi) is 3.28. The number of β-amino-alcohol motifs (C(OH)–C–C–N with tert-alkyl or cyclic N) is 1. The third-order valence-corrected chi connectivity index (χ3v) is 2.98. The summed E-state index contributed by atoms with van der Waals surface area (Å²) in [4.78, 5) is 35.0. The fourth-order valence-corrected chi connectivity index (χ4v) is 2.07. The third-order valence-electron chi connectivity index (χ3n) is 2.98. The molecule has 2 unspecified atom stereocenters. The molecule has 0 aliphatic carbocycles. The first-order valence-corrected chi connectivity index (χ1v) is 5.56. The fraction of sp³-hybridized carbons (Fsp3) is 0.600. The Bertz CT molecular complexity index is 433. The largest absolute Gasteiger partial charge is 0.480 e. The van der Waals surface area contributed by atoms with Gasteiger partial charge in [0.05, 0.1) is 6.10 Å². The topological polar surface area (TPSA) is 119 Å². The smallest absolute Gasteiger partial charge is 0.326 e. The first-order valence-electron chi connectivity index (χ1n) is 5.56. The molecule has 0 radical (unpaired) electrons. The van der Waals surface area contributed by atoms with Gasteiger partial charge in [0.25, 0.3) is 5.91 Å². The van der Waals surface area contributed by atoms with E-state index in [4.69, 9.17) is 5.11 Å². The van der Waals surface area contributed by atoms with Gasteiger partial charge in [-0.15, -0.1) is 0 Å². The van der Waals surface area contributed by atoms with E-state index in [2.05, 4.69) is 10.5 Å². The zero-order chi connectivity index (χ0) is 13.3. The van der Waals surface area contributed by atoms with E-state index in [1.165, 1.54) is 0 Å². The number of nitrogens with one attached hydrogen (secondary N) is 1. The molecule has 18 heavy (non-hydrogen) atoms. The lowest BCUT2D eigenvalue weighted by Gasteiger charge is -2.22. The maximum absolute atomic E-state index is 12.0. The number of aliphatic hydroxyl groups excluding tert-OH is 1. The van der Waals surface area contributed by atoms with E-state index in [1.807, 2.05) is 0 Å². The summed E-state index contributed by atoms with van der Waals surface area (Å²) in [6, 6.07) is -1.03. The van der Waals surface area contributed by atoms with Crippen LogP contribution >= 0.6 is 0 Å². The van der Waals surface area contributed by atoms with Gasteiger partial charge >= 0.3 is 5.97 Å². The van der Waals surface area contributed by atoms with Crippen molar-refractivity contribution in [2.75, 3.05) is 6.54 Å². The second kappa shape index (κ2) is 4.73. The summed E-state index contributed by atoms with van der Waals surface area (Å²) in [5.41, 5.74) is 2.30. The second-order valence-electron chi connectivity index (χ2n) is 4.29. The van der Waals surface area contributed by atoms with Crippen LogP contribution in [0.5, 0.6) is 0 Å². The SMILES string of the molecule is O=C1CCC(C(=O)N2CC(O)CC2C(=O)O)=NN1. The van der Waals surface area contributed by atoms with Gasteiger partial charge in [-0.25, -0.2) is 10.2 Å². The molecule has 2 aliphatic heterocycles. The fourth-order valence-electron chi connectivity index (χ4n) is 2.07. The summed E-state index contributed by atoms with van der Waals surface area (Å²) in [6.45, 7) is -0.0250. The van der Waals surface area contributed by atoms with Gasteiger partial charge in [0, 0.05) is 25.8 Å². The molecule has 2 amide bonds. The Labute approximate surface area is 102 Å². The first kappa shape index (κ1) is 12.5. The number of hydrogen-bond acceptors (Lipinski definition) is 5. The van der Waals surface area contributed by atoms with Crippen LogP contribution in [0.3, 0.4) is 0 Å². The number of aliphatic hydroxyl groups is 1. The van der Waals surface area contributed by atoms with Crippen molar-refractivity contribution in [2.24, 2.45) is 5.10 Å². The van der Waals surface area contributed by atoms with Crippen molar-refractivity contribution in [2.45, 2.75) is 31.4 Å².